The van der Waals surface area contributed by atoms with Crippen LogP contribution in [-0.4, -0.2) is 47.4 Å². The summed E-state index contributed by atoms with van der Waals surface area (Å²) >= 11 is 0. The summed E-state index contributed by atoms with van der Waals surface area (Å²) in [6.07, 6.45) is 0.581. The number of hydrogen-bond donors (Lipinski definition) is 1. The van der Waals surface area contributed by atoms with E-state index >= 15 is 0 Å². The van der Waals surface area contributed by atoms with Gasteiger partial charge in [0.1, 0.15) is 11.4 Å². The van der Waals surface area contributed by atoms with E-state index < -0.39 is 11.6 Å². The Morgan fingerprint density at radius 3 is 2.62 bits per heavy atom. The van der Waals surface area contributed by atoms with Gasteiger partial charge in [-0.15, -0.1) is 0 Å². The van der Waals surface area contributed by atoms with E-state index in [2.05, 4.69) is 0 Å². The van der Waals surface area contributed by atoms with Gasteiger partial charge in [-0.1, -0.05) is 0 Å². The van der Waals surface area contributed by atoms with Crippen LogP contribution in [0.5, 0.6) is 5.75 Å². The van der Waals surface area contributed by atoms with Gasteiger partial charge in [0, 0.05) is 19.0 Å². The summed E-state index contributed by atoms with van der Waals surface area (Å²) in [5.41, 5.74) is 0.454. The minimum Gasteiger partial charge on any atom is -0.493 e. The van der Waals surface area contributed by atoms with Crippen LogP contribution < -0.4 is 4.74 Å². The van der Waals surface area contributed by atoms with Crippen LogP contribution in [-0.2, 0) is 4.74 Å². The van der Waals surface area contributed by atoms with Gasteiger partial charge in [0.15, 0.2) is 0 Å². The van der Waals surface area contributed by atoms with Crippen LogP contribution in [0.3, 0.4) is 0 Å². The van der Waals surface area contributed by atoms with Crippen LogP contribution in [0.4, 0.5) is 4.79 Å². The molecule has 1 atom stereocenters. The van der Waals surface area contributed by atoms with E-state index in [4.69, 9.17) is 14.6 Å². The maximum Gasteiger partial charge on any atom is 0.410 e. The van der Waals surface area contributed by atoms with E-state index in [0.29, 0.717) is 31.0 Å². The van der Waals surface area contributed by atoms with Gasteiger partial charge >= 0.3 is 12.1 Å². The SMILES string of the molecule is Cc1cc(OCC2CCN(C(=O)OC(C)(C)C)C2)ccc1C(=O)O. The number of aryl methyl sites for hydroxylation is 1. The minimum absolute atomic E-state index is 0.247. The van der Waals surface area contributed by atoms with Gasteiger partial charge in [0.25, 0.3) is 0 Å². The second-order valence-corrected chi connectivity index (χ2v) is 7.17. The largest absolute Gasteiger partial charge is 0.493 e. The van der Waals surface area contributed by atoms with Crippen molar-refractivity contribution in [3.05, 3.63) is 29.3 Å². The van der Waals surface area contributed by atoms with E-state index in [0.717, 1.165) is 6.42 Å². The van der Waals surface area contributed by atoms with Crippen molar-refractivity contribution >= 4 is 12.1 Å². The maximum atomic E-state index is 12.0. The molecule has 1 fully saturated rings. The normalized spacial score (nSPS) is 17.7. The molecular formula is C18H25NO5. The number of carboxylic acid groups (broad SMARTS) is 1. The maximum absolute atomic E-state index is 12.0. The highest BCUT2D eigenvalue weighted by Crippen LogP contribution is 2.22. The average Bonchev–Trinajstić information content (AvgIpc) is 2.92. The fraction of sp³-hybridized carbons (Fsp3) is 0.556. The van der Waals surface area contributed by atoms with Crippen molar-refractivity contribution in [2.75, 3.05) is 19.7 Å². The Hall–Kier alpha value is -2.24. The van der Waals surface area contributed by atoms with Crippen molar-refractivity contribution < 1.29 is 24.2 Å². The molecule has 0 saturated carbocycles. The average molecular weight is 335 g/mol. The first kappa shape index (κ1) is 18.1. The lowest BCUT2D eigenvalue weighted by molar-refractivity contribution is 0.0284. The summed E-state index contributed by atoms with van der Waals surface area (Å²) in [6, 6.07) is 4.94. The van der Waals surface area contributed by atoms with Crippen molar-refractivity contribution in [2.24, 2.45) is 5.92 Å². The topological polar surface area (TPSA) is 76.1 Å². The molecular weight excluding hydrogens is 310 g/mol. The van der Waals surface area contributed by atoms with E-state index in [9.17, 15) is 9.59 Å². The molecule has 1 unspecified atom stereocenters. The van der Waals surface area contributed by atoms with Crippen LogP contribution >= 0.6 is 0 Å². The van der Waals surface area contributed by atoms with Crippen LogP contribution in [0.2, 0.25) is 0 Å². The Balaban J connectivity index is 1.85. The minimum atomic E-state index is -0.942. The number of carboxylic acids is 1. The number of ether oxygens (including phenoxy) is 2. The molecule has 0 spiro atoms. The molecule has 0 aromatic heterocycles. The molecule has 24 heavy (non-hydrogen) atoms. The molecule has 1 aliphatic rings. The zero-order chi connectivity index (χ0) is 17.9. The predicted octanol–water partition coefficient (Wildman–Crippen LogP) is 3.33. The van der Waals surface area contributed by atoms with Gasteiger partial charge in [0.05, 0.1) is 12.2 Å². The second kappa shape index (κ2) is 7.11. The third kappa shape index (κ3) is 4.88. The molecule has 0 aliphatic carbocycles. The summed E-state index contributed by atoms with van der Waals surface area (Å²) in [5, 5.41) is 9.03. The number of rotatable bonds is 4. The molecule has 1 aromatic carbocycles. The number of nitrogens with zero attached hydrogens (tertiary/aromatic N) is 1. The third-order valence-corrected chi connectivity index (χ3v) is 3.85. The summed E-state index contributed by atoms with van der Waals surface area (Å²) in [5.74, 6) is -0.0481. The second-order valence-electron chi connectivity index (χ2n) is 7.17. The fourth-order valence-corrected chi connectivity index (χ4v) is 2.64. The molecule has 2 rings (SSSR count). The molecule has 1 aliphatic heterocycles. The van der Waals surface area contributed by atoms with Crippen molar-refractivity contribution in [3.63, 3.8) is 0 Å². The molecule has 1 aromatic rings. The van der Waals surface area contributed by atoms with Crippen LogP contribution in [0.1, 0.15) is 43.1 Å². The number of carbonyl (C=O) groups is 2. The van der Waals surface area contributed by atoms with E-state index in [1.807, 2.05) is 20.8 Å². The van der Waals surface area contributed by atoms with Crippen LogP contribution in [0, 0.1) is 12.8 Å². The highest BCUT2D eigenvalue weighted by Gasteiger charge is 2.30. The number of benzene rings is 1. The predicted molar refractivity (Wildman–Crippen MR) is 89.5 cm³/mol. The van der Waals surface area contributed by atoms with Crippen molar-refractivity contribution in [3.8, 4) is 5.75 Å². The lowest BCUT2D eigenvalue weighted by Crippen LogP contribution is -2.35. The van der Waals surface area contributed by atoms with Crippen molar-refractivity contribution in [1.29, 1.82) is 0 Å². The van der Waals surface area contributed by atoms with E-state index in [-0.39, 0.29) is 17.6 Å². The molecule has 0 radical (unpaired) electrons. The molecule has 1 saturated heterocycles. The molecule has 132 valence electrons. The lowest BCUT2D eigenvalue weighted by Gasteiger charge is -2.24. The highest BCUT2D eigenvalue weighted by atomic mass is 16.6. The Labute approximate surface area is 142 Å². The molecule has 1 amide bonds. The third-order valence-electron chi connectivity index (χ3n) is 3.85. The Morgan fingerprint density at radius 2 is 2.04 bits per heavy atom. The molecule has 1 heterocycles. The number of aromatic carboxylic acids is 1. The summed E-state index contributed by atoms with van der Waals surface area (Å²) in [4.78, 5) is 24.7. The Kier molecular flexibility index (Phi) is 5.36. The van der Waals surface area contributed by atoms with E-state index in [1.165, 1.54) is 0 Å². The lowest BCUT2D eigenvalue weighted by atomic mass is 10.1. The van der Waals surface area contributed by atoms with Crippen LogP contribution in [0.25, 0.3) is 0 Å². The first-order valence-electron chi connectivity index (χ1n) is 8.10. The number of hydrogen-bond acceptors (Lipinski definition) is 4. The first-order valence-corrected chi connectivity index (χ1v) is 8.10. The van der Waals surface area contributed by atoms with Gasteiger partial charge in [-0.2, -0.15) is 0 Å². The molecule has 6 nitrogen and oxygen atoms in total. The first-order chi connectivity index (χ1) is 11.2. The van der Waals surface area contributed by atoms with Gasteiger partial charge in [-0.25, -0.2) is 9.59 Å². The Bertz CT molecular complexity index is 620. The monoisotopic (exact) mass is 335 g/mol. The standard InChI is InChI=1S/C18H25NO5/c1-12-9-14(5-6-15(12)16(20)21)23-11-13-7-8-19(10-13)17(22)24-18(2,3)4/h5-6,9,13H,7-8,10-11H2,1-4H3,(H,20,21). The Morgan fingerprint density at radius 1 is 1.33 bits per heavy atom. The zero-order valence-electron chi connectivity index (χ0n) is 14.7. The van der Waals surface area contributed by atoms with Crippen LogP contribution in [0.15, 0.2) is 18.2 Å². The summed E-state index contributed by atoms with van der Waals surface area (Å²) in [7, 11) is 0. The molecule has 1 N–H and O–H groups in total. The smallest absolute Gasteiger partial charge is 0.410 e. The summed E-state index contributed by atoms with van der Waals surface area (Å²) < 4.78 is 11.1. The van der Waals surface area contributed by atoms with Crippen molar-refractivity contribution in [2.45, 2.75) is 39.7 Å². The molecule has 0 bridgehead atoms. The van der Waals surface area contributed by atoms with Crippen molar-refractivity contribution in [1.82, 2.24) is 4.90 Å². The zero-order valence-corrected chi connectivity index (χ0v) is 14.7. The quantitative estimate of drug-likeness (QED) is 0.913. The number of amides is 1. The van der Waals surface area contributed by atoms with Gasteiger partial charge < -0.3 is 19.5 Å². The highest BCUT2D eigenvalue weighted by molar-refractivity contribution is 5.89. The number of carbonyl (C=O) groups excluding carboxylic acids is 1. The van der Waals surface area contributed by atoms with Gasteiger partial charge in [0.2, 0.25) is 0 Å². The van der Waals surface area contributed by atoms with E-state index in [1.54, 1.807) is 30.0 Å². The van der Waals surface area contributed by atoms with Gasteiger partial charge in [-0.3, -0.25) is 0 Å². The van der Waals surface area contributed by atoms with Gasteiger partial charge in [-0.05, 0) is 57.9 Å². The summed E-state index contributed by atoms with van der Waals surface area (Å²) in [6.45, 7) is 9.07. The molecule has 6 heteroatoms. The fourth-order valence-electron chi connectivity index (χ4n) is 2.64. The number of likely N-dealkylation sites (tertiary alicyclic amines) is 1.